The molecule has 7 rings (SSSR count). The number of phenolic OH excluding ortho intramolecular Hbond substituents is 2. The number of ketones is 2. The van der Waals surface area contributed by atoms with Crippen LogP contribution in [0.15, 0.2) is 186 Å². The van der Waals surface area contributed by atoms with Crippen LogP contribution in [-0.2, 0) is 84.9 Å². The summed E-state index contributed by atoms with van der Waals surface area (Å²) in [5.41, 5.74) is 2.91. The van der Waals surface area contributed by atoms with Crippen LogP contribution in [0.25, 0.3) is 23.3 Å². The number of likely N-dealkylation sites (N-methyl/N-ethyl adjacent to an activating group) is 3. The molecule has 0 bridgehead atoms. The minimum absolute atomic E-state index is 0.0220. The highest BCUT2D eigenvalue weighted by Crippen LogP contribution is 2.27. The van der Waals surface area contributed by atoms with Crippen molar-refractivity contribution in [3.8, 4) is 22.6 Å². The van der Waals surface area contributed by atoms with E-state index in [1.807, 2.05) is 77.5 Å². The molecule has 1 fully saturated rings. The highest BCUT2D eigenvalue weighted by Gasteiger charge is 2.37. The molecule has 129 heavy (non-hydrogen) atoms. The van der Waals surface area contributed by atoms with Gasteiger partial charge >= 0.3 is 11.9 Å². The Morgan fingerprint density at radius 2 is 1.26 bits per heavy atom. The van der Waals surface area contributed by atoms with Crippen LogP contribution in [0.4, 0.5) is 5.69 Å². The highest BCUT2D eigenvalue weighted by atomic mass is 33.1. The number of aliphatic hydroxyl groups excluding tert-OH is 1. The molecule has 39 nitrogen and oxygen atoms in total. The minimum Gasteiger partial charge on any atom is -0.510 e. The normalized spacial score (nSPS) is 17.2. The van der Waals surface area contributed by atoms with E-state index in [0.717, 1.165) is 86.0 Å². The highest BCUT2D eigenvalue weighted by molar-refractivity contribution is 8.76. The number of nitrogens with one attached hydrogen (secondary N) is 16. The monoisotopic (exact) mass is 1820 g/mol. The van der Waals surface area contributed by atoms with Crippen LogP contribution >= 0.6 is 21.6 Å². The zero-order chi connectivity index (χ0) is 94.7. The number of amides is 11. The topological polar surface area (TPSA) is 559 Å². The molecule has 41 heteroatoms. The lowest BCUT2D eigenvalue weighted by Crippen LogP contribution is -2.54. The summed E-state index contributed by atoms with van der Waals surface area (Å²) in [5.74, 6) is -19.2. The number of nitrogens with zero attached hydrogens (tertiary/aromatic N) is 3. The van der Waals surface area contributed by atoms with E-state index in [-0.39, 0.29) is 90.0 Å². The van der Waals surface area contributed by atoms with Crippen LogP contribution in [0.3, 0.4) is 0 Å². The maximum Gasteiger partial charge on any atom is 0.330 e. The van der Waals surface area contributed by atoms with E-state index in [4.69, 9.17) is 0 Å². The van der Waals surface area contributed by atoms with Gasteiger partial charge in [0.25, 0.3) is 29.5 Å². The number of aromatic hydroxyl groups is 2. The third-order valence-electron chi connectivity index (χ3n) is 18.9. The number of aliphatic hydroxyl groups is 1. The molecular formula is C88H113N19O20S2. The Morgan fingerprint density at radius 3 is 1.87 bits per heavy atom. The van der Waals surface area contributed by atoms with Crippen LogP contribution in [-0.4, -0.2) is 272 Å². The summed E-state index contributed by atoms with van der Waals surface area (Å²) in [6.45, 7) is 9.92. The average molecular weight is 1820 g/mol. The van der Waals surface area contributed by atoms with Crippen molar-refractivity contribution in [1.29, 1.82) is 0 Å². The Morgan fingerprint density at radius 1 is 0.628 bits per heavy atom. The summed E-state index contributed by atoms with van der Waals surface area (Å²) < 4.78 is 0. The lowest BCUT2D eigenvalue weighted by molar-refractivity contribution is -0.135. The number of carbonyl (C=O) groups excluding carboxylic acids is 13. The standard InChI is InChI=1S/C72H84N14O19S2.C16H29N5O/c1-40(2)29-56(75-35-50(91)37-85(74-6)28-26-73-5)72(105)86-27-10-13-59(86)70(103)82-57-38-106-107-39-58(69(102)80-53(65(98)77-51(41(3)87)33-61(93)94)31-43-14-20-47(21-15-43)46-11-8-7-9-12-46)83-71(104)63(42(4)88)84-60(92)36-76-64(97)52(30-44-16-22-48(89)23-17-44)78-66(99)54(32-45-18-24-49(90)25-19-45)79-67(100)55(34-62(95)96)81-68(57)101;1-17-7-9-21(10-8-18-2)13-16(22)20-15-6-4-5-14(11-15)12-19-3/h7-9,11-25,30-31,33-34,40,54,56-58,73-75,88-90H,10,26-29,32,35-39H2,1-6H3,(H,76,97)(H,77,98)(H,78,99)(H,79,100)(H,80,102)(H,81,101)(H,82,103)(H,83,104)(H,84,92)(H,93,94)(H,95,96);4-6,11,17-19H,7-10,12-13H2,1-3H3,(H,20,22)/b51-33-,52-30-,53-31+,55-34-,63-42+;/t54-,56-,57-,58-;/m0./s1. The molecule has 0 radical (unpaired) electrons. The number of hydrogen-bond donors (Lipinski definition) is 21. The second-order valence-electron chi connectivity index (χ2n) is 29.7. The third-order valence-corrected chi connectivity index (χ3v) is 21.3. The van der Waals surface area contributed by atoms with Crippen molar-refractivity contribution < 1.29 is 97.5 Å². The fourth-order valence-corrected chi connectivity index (χ4v) is 14.7. The van der Waals surface area contributed by atoms with Crippen molar-refractivity contribution in [3.63, 3.8) is 0 Å². The van der Waals surface area contributed by atoms with Gasteiger partial charge in [-0.1, -0.05) is 133 Å². The molecular weight excluding hydrogens is 1710 g/mol. The van der Waals surface area contributed by atoms with E-state index in [1.165, 1.54) is 54.6 Å². The number of Topliss-reactive ketones (excluding diaryl/α,β-unsaturated/α-hetero) is 2. The Hall–Kier alpha value is -13.2. The number of benzene rings is 5. The Labute approximate surface area is 754 Å². The van der Waals surface area contributed by atoms with Crippen LogP contribution in [0.5, 0.6) is 11.5 Å². The van der Waals surface area contributed by atoms with Crippen molar-refractivity contribution in [2.24, 2.45) is 5.92 Å². The molecule has 0 aliphatic carbocycles. The predicted octanol–water partition coefficient (Wildman–Crippen LogP) is 0.682. The number of hydrogen-bond acceptors (Lipinski definition) is 28. The molecule has 692 valence electrons. The molecule has 21 N–H and O–H groups in total. The van der Waals surface area contributed by atoms with Gasteiger partial charge in [-0.05, 0) is 143 Å². The van der Waals surface area contributed by atoms with Crippen molar-refractivity contribution >= 4 is 128 Å². The van der Waals surface area contributed by atoms with Crippen LogP contribution < -0.4 is 85.2 Å². The number of allylic oxidation sites excluding steroid dienone is 2. The predicted molar refractivity (Wildman–Crippen MR) is 487 cm³/mol. The van der Waals surface area contributed by atoms with Gasteiger partial charge in [0.2, 0.25) is 35.4 Å². The molecule has 2 heterocycles. The van der Waals surface area contributed by atoms with Crippen LogP contribution in [0.1, 0.15) is 62.8 Å². The summed E-state index contributed by atoms with van der Waals surface area (Å²) in [6, 6.07) is 27.2. The van der Waals surface area contributed by atoms with Crippen molar-refractivity contribution in [1.82, 2.24) is 94.7 Å². The zero-order valence-corrected chi connectivity index (χ0v) is 74.6. The van der Waals surface area contributed by atoms with Crippen molar-refractivity contribution in [3.05, 3.63) is 208 Å². The number of carboxylic acids is 2. The largest absolute Gasteiger partial charge is 0.510 e. The van der Waals surface area contributed by atoms with E-state index in [2.05, 4.69) is 90.1 Å². The molecule has 4 atom stereocenters. The van der Waals surface area contributed by atoms with Gasteiger partial charge in [-0.15, -0.1) is 0 Å². The van der Waals surface area contributed by atoms with Gasteiger partial charge in [0.05, 0.1) is 50.1 Å². The van der Waals surface area contributed by atoms with Gasteiger partial charge in [0.1, 0.15) is 63.9 Å². The fraction of sp³-hybridized carbons (Fsp3) is 0.352. The molecule has 2 aliphatic rings. The number of carboxylic acid groups (broad SMARTS) is 2. The third kappa shape index (κ3) is 36.9. The first-order valence-corrected chi connectivity index (χ1v) is 43.4. The molecule has 0 unspecified atom stereocenters. The number of phenols is 2. The van der Waals surface area contributed by atoms with Crippen molar-refractivity contribution in [2.75, 3.05) is 124 Å². The number of anilines is 1. The minimum atomic E-state index is -1.90. The van der Waals surface area contributed by atoms with Crippen LogP contribution in [0, 0.1) is 5.92 Å². The first-order valence-electron chi connectivity index (χ1n) is 40.9. The fourth-order valence-electron chi connectivity index (χ4n) is 12.4. The summed E-state index contributed by atoms with van der Waals surface area (Å²) in [7, 11) is 10.6. The maximum absolute atomic E-state index is 14.9. The Balaban J connectivity index is 0.00000101. The summed E-state index contributed by atoms with van der Waals surface area (Å²) in [4.78, 5) is 211. The second kappa shape index (κ2) is 54.7. The first kappa shape index (κ1) is 105. The molecule has 2 aliphatic heterocycles. The van der Waals surface area contributed by atoms with E-state index < -0.39 is 160 Å². The van der Waals surface area contributed by atoms with E-state index in [0.29, 0.717) is 47.3 Å². The van der Waals surface area contributed by atoms with Crippen molar-refractivity contribution in [2.45, 2.75) is 77.7 Å². The smallest absolute Gasteiger partial charge is 0.330 e. The first-order chi connectivity index (χ1) is 61.6. The number of hydrazine groups is 1. The van der Waals surface area contributed by atoms with Gasteiger partial charge < -0.3 is 105 Å². The van der Waals surface area contributed by atoms with E-state index in [1.54, 1.807) is 55.5 Å². The van der Waals surface area contributed by atoms with E-state index >= 15 is 0 Å². The molecule has 11 amide bonds. The molecule has 5 aromatic rings. The number of aliphatic carboxylic acids is 2. The van der Waals surface area contributed by atoms with Gasteiger partial charge in [0, 0.05) is 82.9 Å². The van der Waals surface area contributed by atoms with E-state index in [9.17, 15) is 97.5 Å². The van der Waals surface area contributed by atoms with Gasteiger partial charge in [-0.25, -0.2) is 14.6 Å². The van der Waals surface area contributed by atoms with Gasteiger partial charge in [0.15, 0.2) is 11.6 Å². The summed E-state index contributed by atoms with van der Waals surface area (Å²) in [5, 5.41) is 91.9. The number of carbonyl (C=O) groups is 15. The lowest BCUT2D eigenvalue weighted by Gasteiger charge is -2.28. The summed E-state index contributed by atoms with van der Waals surface area (Å²) >= 11 is 0. The number of rotatable bonds is 37. The SMILES string of the molecule is CNCCN(CC(=O)CN[C@@H](CC(C)C)C(=O)N1CCC=C1C(=O)N[C@H]1CSSC[C@@H](C(=O)N/C(=C/c2ccc(-c3ccccc3)cc2)C(=O)N/C(=C\C(=O)O)C(C)=O)NC(=O)/C(=C(/C)O)NC(=O)CNC(=O)/C(=C/c2ccc(O)cc2)NC(=O)[C@H](Cc2ccc(O)cc2)NC(=O)/C(=C/C(=O)O)NC1=O)NC.CNCCN(CCNC)CC(=O)Nc1cccc(CNC)c1. The van der Waals surface area contributed by atoms with Gasteiger partial charge in [-0.3, -0.25) is 78.0 Å². The summed E-state index contributed by atoms with van der Waals surface area (Å²) in [6.07, 6.45) is 4.16. The molecule has 5 aromatic carbocycles. The maximum atomic E-state index is 14.9. The van der Waals surface area contributed by atoms with Gasteiger partial charge in [-0.2, -0.15) is 0 Å². The second-order valence-corrected chi connectivity index (χ2v) is 32.2. The zero-order valence-electron chi connectivity index (χ0n) is 72.9. The average Bonchev–Trinajstić information content (AvgIpc) is 1.68. The Bertz CT molecular complexity index is 4960. The Kier molecular flexibility index (Phi) is 44.3. The molecule has 1 saturated heterocycles. The lowest BCUT2D eigenvalue weighted by atomic mass is 10.0. The quantitative estimate of drug-likeness (QED) is 0.0112. The molecule has 0 spiro atoms. The molecule has 0 saturated carbocycles. The van der Waals surface area contributed by atoms with Crippen LogP contribution in [0.2, 0.25) is 0 Å². The molecule has 0 aromatic heterocycles.